The van der Waals surface area contributed by atoms with Crippen LogP contribution in [0.15, 0.2) is 68.9 Å². The first-order chi connectivity index (χ1) is 21.7. The van der Waals surface area contributed by atoms with Gasteiger partial charge in [-0.3, -0.25) is 19.3 Å². The molecule has 0 bridgehead atoms. The number of hydrogen-bond donors (Lipinski definition) is 4. The first-order valence-electron chi connectivity index (χ1n) is 13.1. The number of aliphatic imine (C=N–C) groups is 1. The van der Waals surface area contributed by atoms with Crippen LogP contribution in [0.4, 0.5) is 5.13 Å². The molecule has 3 aromatic heterocycles. The van der Waals surface area contributed by atoms with Gasteiger partial charge in [0, 0.05) is 34.2 Å². The van der Waals surface area contributed by atoms with Gasteiger partial charge in [-0.2, -0.15) is 0 Å². The third-order valence-corrected chi connectivity index (χ3v) is 9.27. The van der Waals surface area contributed by atoms with E-state index in [1.807, 2.05) is 29.1 Å². The number of oxime groups is 1. The molecule has 230 valence electrons. The maximum absolute atomic E-state index is 13.1. The Morgan fingerprint density at radius 3 is 2.69 bits per heavy atom. The summed E-state index contributed by atoms with van der Waals surface area (Å²) >= 11 is 3.73. The SMILES string of the molecule is CCO/N=C(\C(=O)N[C@@H]1C(=O)N2C(C(=O)O)=C(/C=C/C[n+]3ccc(-c4nc(C(=O)N=C=N)cs4)cc3)CS[C@H]12)c1csc(N)n1. The van der Waals surface area contributed by atoms with Crippen molar-refractivity contribution in [1.29, 1.82) is 5.41 Å². The number of β-lactam (4-membered cyclic amide) rings is 1. The molecular weight excluding hydrogens is 643 g/mol. The first kappa shape index (κ1) is 31.4. The number of rotatable bonds is 11. The standard InChI is InChI=1S/C27H23N9O6S3/c1-2-42-34-18(16-11-45-27(29)32-16)22(38)33-19-24(39)36-20(26(40)41)15(10-44-25(19)36)4-3-7-35-8-5-14(6-9-35)23-31-17(12-43-23)21(37)30-13-28/h3-6,8-9,11-12,19,25,28H,2,7,10H2,1H3,(H3-,29,32,33,38,40,41)/p+1/b4-3+,34-18-/t19-,25-/m1/s1. The van der Waals surface area contributed by atoms with Gasteiger partial charge in [-0.25, -0.2) is 24.7 Å². The van der Waals surface area contributed by atoms with Crippen LogP contribution in [0.1, 0.15) is 23.1 Å². The highest BCUT2D eigenvalue weighted by Gasteiger charge is 2.54. The molecule has 5 heterocycles. The number of aliphatic carboxylic acids is 1. The minimum atomic E-state index is -1.25. The molecule has 0 aliphatic carbocycles. The number of anilines is 1. The Labute approximate surface area is 267 Å². The molecule has 0 aromatic carbocycles. The molecule has 5 N–H and O–H groups in total. The van der Waals surface area contributed by atoms with Crippen LogP contribution in [-0.2, 0) is 25.8 Å². The summed E-state index contributed by atoms with van der Waals surface area (Å²) in [4.78, 5) is 68.0. The minimum Gasteiger partial charge on any atom is -0.477 e. The molecule has 1 saturated heterocycles. The second-order valence-electron chi connectivity index (χ2n) is 9.22. The number of nitrogens with zero attached hydrogens (tertiary/aromatic N) is 6. The Bertz CT molecular complexity index is 1810. The highest BCUT2D eigenvalue weighted by atomic mass is 32.2. The van der Waals surface area contributed by atoms with E-state index >= 15 is 0 Å². The van der Waals surface area contributed by atoms with Crippen LogP contribution in [0.3, 0.4) is 0 Å². The van der Waals surface area contributed by atoms with Crippen molar-refractivity contribution in [3.05, 3.63) is 70.1 Å². The predicted octanol–water partition coefficient (Wildman–Crippen LogP) is 1.76. The maximum atomic E-state index is 13.1. The molecule has 2 atom stereocenters. The number of nitrogens with two attached hydrogens (primary N) is 1. The first-order valence-corrected chi connectivity index (χ1v) is 15.9. The molecule has 18 heteroatoms. The summed E-state index contributed by atoms with van der Waals surface area (Å²) in [6.07, 6.45) is 7.08. The van der Waals surface area contributed by atoms with E-state index in [1.165, 1.54) is 28.0 Å². The van der Waals surface area contributed by atoms with Gasteiger partial charge in [0.15, 0.2) is 29.8 Å². The number of carboxylic acids is 1. The second kappa shape index (κ2) is 13.7. The van der Waals surface area contributed by atoms with Crippen molar-refractivity contribution in [2.45, 2.75) is 24.9 Å². The number of carbonyl (C=O) groups is 4. The van der Waals surface area contributed by atoms with E-state index in [0.29, 0.717) is 22.9 Å². The van der Waals surface area contributed by atoms with Gasteiger partial charge in [0.05, 0.1) is 6.01 Å². The molecule has 5 rings (SSSR count). The predicted molar refractivity (Wildman–Crippen MR) is 166 cm³/mol. The number of hydrogen-bond acceptors (Lipinski definition) is 13. The number of aromatic nitrogens is 3. The molecule has 3 aromatic rings. The zero-order chi connectivity index (χ0) is 32.1. The average Bonchev–Trinajstić information content (AvgIpc) is 3.70. The number of thioether (sulfide) groups is 1. The molecule has 2 aliphatic heterocycles. The molecule has 45 heavy (non-hydrogen) atoms. The Morgan fingerprint density at radius 2 is 2.02 bits per heavy atom. The van der Waals surface area contributed by atoms with Gasteiger partial charge in [-0.05, 0) is 18.6 Å². The van der Waals surface area contributed by atoms with E-state index in [9.17, 15) is 24.3 Å². The van der Waals surface area contributed by atoms with Gasteiger partial charge >= 0.3 is 11.9 Å². The van der Waals surface area contributed by atoms with Crippen molar-refractivity contribution in [2.75, 3.05) is 18.1 Å². The van der Waals surface area contributed by atoms with Gasteiger partial charge in [0.1, 0.15) is 40.1 Å². The lowest BCUT2D eigenvalue weighted by Gasteiger charge is -2.49. The van der Waals surface area contributed by atoms with Crippen molar-refractivity contribution in [2.24, 2.45) is 10.1 Å². The summed E-state index contributed by atoms with van der Waals surface area (Å²) in [5.74, 6) is -2.83. The number of allylic oxidation sites excluding steroid dienone is 2. The Morgan fingerprint density at radius 1 is 1.27 bits per heavy atom. The van der Waals surface area contributed by atoms with Gasteiger partial charge in [0.2, 0.25) is 0 Å². The fourth-order valence-corrected chi connectivity index (χ4v) is 7.03. The molecule has 0 saturated carbocycles. The highest BCUT2D eigenvalue weighted by molar-refractivity contribution is 8.00. The van der Waals surface area contributed by atoms with Crippen LogP contribution >= 0.6 is 34.4 Å². The van der Waals surface area contributed by atoms with Crippen molar-refractivity contribution >= 4 is 75.0 Å². The van der Waals surface area contributed by atoms with Crippen LogP contribution in [0, 0.1) is 5.41 Å². The fourth-order valence-electron chi connectivity index (χ4n) is 4.36. The van der Waals surface area contributed by atoms with E-state index < -0.39 is 35.1 Å². The van der Waals surface area contributed by atoms with Crippen LogP contribution in [-0.4, -0.2) is 79.2 Å². The quantitative estimate of drug-likeness (QED) is 0.101. The average molecular weight is 667 g/mol. The lowest BCUT2D eigenvalue weighted by atomic mass is 10.0. The smallest absolute Gasteiger partial charge is 0.352 e. The van der Waals surface area contributed by atoms with Crippen molar-refractivity contribution in [3.63, 3.8) is 0 Å². The van der Waals surface area contributed by atoms with Crippen molar-refractivity contribution < 1.29 is 33.7 Å². The Kier molecular flexibility index (Phi) is 9.58. The molecule has 0 spiro atoms. The van der Waals surface area contributed by atoms with E-state index in [1.54, 1.807) is 35.8 Å². The number of carbonyl (C=O) groups excluding carboxylic acids is 3. The summed E-state index contributed by atoms with van der Waals surface area (Å²) < 4.78 is 1.86. The zero-order valence-corrected chi connectivity index (χ0v) is 25.8. The Hall–Kier alpha value is -5.03. The maximum Gasteiger partial charge on any atom is 0.352 e. The van der Waals surface area contributed by atoms with Crippen LogP contribution in [0.25, 0.3) is 10.6 Å². The number of thiazole rings is 2. The second-order valence-corrected chi connectivity index (χ2v) is 12.1. The van der Waals surface area contributed by atoms with E-state index in [-0.39, 0.29) is 34.5 Å². The monoisotopic (exact) mass is 666 g/mol. The summed E-state index contributed by atoms with van der Waals surface area (Å²) in [5, 5.41) is 26.6. The molecule has 1 fully saturated rings. The third kappa shape index (κ3) is 6.73. The number of fused-ring (bicyclic) bond motifs is 1. The summed E-state index contributed by atoms with van der Waals surface area (Å²) in [7, 11) is 0. The molecule has 2 aliphatic rings. The molecule has 15 nitrogen and oxygen atoms in total. The summed E-state index contributed by atoms with van der Waals surface area (Å²) in [6, 6.07) is 4.39. The van der Waals surface area contributed by atoms with E-state index in [0.717, 1.165) is 16.9 Å². The van der Waals surface area contributed by atoms with Crippen molar-refractivity contribution in [3.8, 4) is 10.6 Å². The number of nitrogens with one attached hydrogen (secondary N) is 2. The molecule has 0 unspecified atom stereocenters. The fraction of sp³-hybridized carbons (Fsp3) is 0.222. The summed E-state index contributed by atoms with van der Waals surface area (Å²) in [6.45, 7) is 2.32. The number of nitrogen functional groups attached to an aromatic ring is 1. The number of pyridine rings is 1. The van der Waals surface area contributed by atoms with Gasteiger partial charge in [0.25, 0.3) is 11.8 Å². The van der Waals surface area contributed by atoms with E-state index in [2.05, 4.69) is 25.4 Å². The van der Waals surface area contributed by atoms with Gasteiger partial charge < -0.3 is 21.0 Å². The molecule has 3 amide bonds. The number of amides is 3. The number of carboxylic acid groups (broad SMARTS) is 1. The normalized spacial score (nSPS) is 17.8. The topological polar surface area (TPSA) is 217 Å². The lowest BCUT2D eigenvalue weighted by Crippen LogP contribution is -2.71. The highest BCUT2D eigenvalue weighted by Crippen LogP contribution is 2.40. The van der Waals surface area contributed by atoms with Crippen molar-refractivity contribution in [1.82, 2.24) is 20.2 Å². The third-order valence-electron chi connectivity index (χ3n) is 6.41. The van der Waals surface area contributed by atoms with Crippen LogP contribution < -0.4 is 15.6 Å². The van der Waals surface area contributed by atoms with E-state index in [4.69, 9.17) is 16.0 Å². The van der Waals surface area contributed by atoms with Crippen LogP contribution in [0.2, 0.25) is 0 Å². The Balaban J connectivity index is 1.25. The van der Waals surface area contributed by atoms with Gasteiger partial charge in [-0.15, -0.1) is 39.4 Å². The van der Waals surface area contributed by atoms with Gasteiger partial charge in [-0.1, -0.05) is 11.2 Å². The summed E-state index contributed by atoms with van der Waals surface area (Å²) in [5.41, 5.74) is 7.00. The lowest BCUT2D eigenvalue weighted by molar-refractivity contribution is -0.686. The zero-order valence-electron chi connectivity index (χ0n) is 23.4. The largest absolute Gasteiger partial charge is 0.477 e. The minimum absolute atomic E-state index is 0.136. The molecule has 0 radical (unpaired) electrons. The molecular formula is C27H24N9O6S3+. The van der Waals surface area contributed by atoms with Crippen LogP contribution in [0.5, 0.6) is 0 Å².